The third-order valence-electron chi connectivity index (χ3n) is 5.89. The van der Waals surface area contributed by atoms with Crippen LogP contribution in [0.4, 0.5) is 11.5 Å². The fourth-order valence-corrected chi connectivity index (χ4v) is 4.06. The maximum atomic E-state index is 12.7. The summed E-state index contributed by atoms with van der Waals surface area (Å²) in [4.78, 5) is 23.5. The lowest BCUT2D eigenvalue weighted by Gasteiger charge is -2.23. The summed E-state index contributed by atoms with van der Waals surface area (Å²) in [5, 5.41) is 7.45. The van der Waals surface area contributed by atoms with Crippen molar-refractivity contribution in [3.05, 3.63) is 84.7 Å². The summed E-state index contributed by atoms with van der Waals surface area (Å²) in [6, 6.07) is 24.4. The summed E-state index contributed by atoms with van der Waals surface area (Å²) < 4.78 is 0. The maximum absolute atomic E-state index is 12.7. The second-order valence-corrected chi connectivity index (χ2v) is 8.63. The first kappa shape index (κ1) is 23.4. The van der Waals surface area contributed by atoms with Gasteiger partial charge in [-0.15, -0.1) is 0 Å². The van der Waals surface area contributed by atoms with Crippen LogP contribution in [-0.4, -0.2) is 40.9 Å². The van der Waals surface area contributed by atoms with Crippen LogP contribution >= 0.6 is 0 Å². The number of aromatic nitrogens is 2. The molecule has 1 heterocycles. The first-order valence-corrected chi connectivity index (χ1v) is 11.7. The number of fused-ring (bicyclic) bond motifs is 1. The minimum atomic E-state index is -0.107. The van der Waals surface area contributed by atoms with Crippen LogP contribution in [0.15, 0.2) is 79.1 Å². The number of benzene rings is 3. The molecule has 4 rings (SSSR count). The summed E-state index contributed by atoms with van der Waals surface area (Å²) in [6.07, 6.45) is 3.39. The van der Waals surface area contributed by atoms with Gasteiger partial charge in [0.1, 0.15) is 12.1 Å². The number of para-hydroxylation sites is 1. The van der Waals surface area contributed by atoms with Crippen LogP contribution in [0.5, 0.6) is 0 Å². The number of anilines is 2. The minimum Gasteiger partial charge on any atom is -0.351 e. The van der Waals surface area contributed by atoms with Crippen molar-refractivity contribution < 1.29 is 4.79 Å². The lowest BCUT2D eigenvalue weighted by atomic mass is 10.0. The van der Waals surface area contributed by atoms with E-state index in [9.17, 15) is 4.79 Å². The fraction of sp³-hybridized carbons (Fsp3) is 0.250. The van der Waals surface area contributed by atoms with Gasteiger partial charge in [-0.2, -0.15) is 0 Å². The Bertz CT molecular complexity index is 1260. The minimum absolute atomic E-state index is 0.0664. The van der Waals surface area contributed by atoms with E-state index >= 15 is 0 Å². The lowest BCUT2D eigenvalue weighted by Crippen LogP contribution is -2.43. The highest BCUT2D eigenvalue weighted by atomic mass is 16.2. The average Bonchev–Trinajstić information content (AvgIpc) is 2.86. The van der Waals surface area contributed by atoms with Crippen LogP contribution in [0.2, 0.25) is 0 Å². The van der Waals surface area contributed by atoms with Crippen LogP contribution in [0.1, 0.15) is 25.3 Å². The van der Waals surface area contributed by atoms with Gasteiger partial charge >= 0.3 is 0 Å². The summed E-state index contributed by atoms with van der Waals surface area (Å²) in [5.41, 5.74) is 5.08. The van der Waals surface area contributed by atoms with E-state index in [2.05, 4.69) is 51.8 Å². The molecule has 4 aromatic rings. The van der Waals surface area contributed by atoms with E-state index in [1.807, 2.05) is 67.5 Å². The molecule has 0 fully saturated rings. The number of hydrogen-bond donors (Lipinski definition) is 2. The number of rotatable bonds is 9. The van der Waals surface area contributed by atoms with Gasteiger partial charge in [0.2, 0.25) is 5.91 Å². The molecule has 6 heteroatoms. The van der Waals surface area contributed by atoms with Crippen LogP contribution in [0.3, 0.4) is 0 Å². The molecular weight excluding hydrogens is 422 g/mol. The summed E-state index contributed by atoms with van der Waals surface area (Å²) in [6.45, 7) is 2.60. The standard InChI is InChI=1S/C28H31N5O/c1-4-9-26(33(2)3)28(34)29-18-20-10-8-11-21(16-20)22-14-15-25-24(17-22)27(31-19-30-25)32-23-12-6-5-7-13-23/h5-8,10-17,19,26H,4,9,18H2,1-3H3,(H,29,34)(H,30,31,32). The van der Waals surface area contributed by atoms with Crippen molar-refractivity contribution in [3.8, 4) is 11.1 Å². The van der Waals surface area contributed by atoms with Crippen LogP contribution in [-0.2, 0) is 11.3 Å². The molecule has 3 aromatic carbocycles. The van der Waals surface area contributed by atoms with Gasteiger partial charge in [-0.1, -0.05) is 55.8 Å². The number of carbonyl (C=O) groups is 1. The van der Waals surface area contributed by atoms with E-state index in [1.54, 1.807) is 6.33 Å². The van der Waals surface area contributed by atoms with E-state index in [0.29, 0.717) is 6.54 Å². The van der Waals surface area contributed by atoms with Crippen LogP contribution in [0, 0.1) is 0 Å². The second-order valence-electron chi connectivity index (χ2n) is 8.63. The van der Waals surface area contributed by atoms with Crippen molar-refractivity contribution in [3.63, 3.8) is 0 Å². The zero-order chi connectivity index (χ0) is 23.9. The monoisotopic (exact) mass is 453 g/mol. The molecule has 1 amide bonds. The molecule has 1 unspecified atom stereocenters. The Hall–Kier alpha value is -3.77. The first-order valence-electron chi connectivity index (χ1n) is 11.7. The number of nitrogens with one attached hydrogen (secondary N) is 2. The van der Waals surface area contributed by atoms with Crippen molar-refractivity contribution in [1.82, 2.24) is 20.2 Å². The lowest BCUT2D eigenvalue weighted by molar-refractivity contribution is -0.125. The Balaban J connectivity index is 1.56. The Morgan fingerprint density at radius 3 is 2.50 bits per heavy atom. The van der Waals surface area contributed by atoms with E-state index in [0.717, 1.165) is 51.9 Å². The normalized spacial score (nSPS) is 12.0. The fourth-order valence-electron chi connectivity index (χ4n) is 4.06. The highest BCUT2D eigenvalue weighted by Crippen LogP contribution is 2.29. The van der Waals surface area contributed by atoms with Crippen LogP contribution < -0.4 is 10.6 Å². The molecule has 1 atom stereocenters. The Morgan fingerprint density at radius 2 is 1.74 bits per heavy atom. The van der Waals surface area contributed by atoms with Crippen LogP contribution in [0.25, 0.3) is 22.0 Å². The number of amides is 1. The molecule has 2 N–H and O–H groups in total. The average molecular weight is 454 g/mol. The van der Waals surface area contributed by atoms with E-state index in [1.165, 1.54) is 0 Å². The SMILES string of the molecule is CCCC(C(=O)NCc1cccc(-c2ccc3ncnc(Nc4ccccc4)c3c2)c1)N(C)C. The van der Waals surface area contributed by atoms with Crippen molar-refractivity contribution in [1.29, 1.82) is 0 Å². The third kappa shape index (κ3) is 5.58. The third-order valence-corrected chi connectivity index (χ3v) is 5.89. The summed E-state index contributed by atoms with van der Waals surface area (Å²) >= 11 is 0. The molecule has 0 bridgehead atoms. The first-order chi connectivity index (χ1) is 16.5. The zero-order valence-electron chi connectivity index (χ0n) is 20.0. The molecule has 174 valence electrons. The van der Waals surface area contributed by atoms with E-state index in [4.69, 9.17) is 0 Å². The van der Waals surface area contributed by atoms with Gasteiger partial charge in [-0.05, 0) is 67.5 Å². The Morgan fingerprint density at radius 1 is 0.941 bits per heavy atom. The summed E-state index contributed by atoms with van der Waals surface area (Å²) in [5.74, 6) is 0.837. The molecule has 0 spiro atoms. The maximum Gasteiger partial charge on any atom is 0.237 e. The highest BCUT2D eigenvalue weighted by molar-refractivity contribution is 5.93. The molecular formula is C28H31N5O. The summed E-state index contributed by atoms with van der Waals surface area (Å²) in [7, 11) is 3.90. The largest absolute Gasteiger partial charge is 0.351 e. The quantitative estimate of drug-likeness (QED) is 0.356. The van der Waals surface area contributed by atoms with Crippen molar-refractivity contribution in [2.45, 2.75) is 32.4 Å². The molecule has 1 aromatic heterocycles. The predicted molar refractivity (Wildman–Crippen MR) is 139 cm³/mol. The van der Waals surface area contributed by atoms with Gasteiger partial charge in [0.05, 0.1) is 11.6 Å². The van der Waals surface area contributed by atoms with Gasteiger partial charge in [-0.25, -0.2) is 9.97 Å². The molecule has 34 heavy (non-hydrogen) atoms. The molecule has 6 nitrogen and oxygen atoms in total. The number of likely N-dealkylation sites (N-methyl/N-ethyl adjacent to an activating group) is 1. The molecule has 0 saturated carbocycles. The van der Waals surface area contributed by atoms with Gasteiger partial charge in [0.15, 0.2) is 0 Å². The van der Waals surface area contributed by atoms with Gasteiger partial charge < -0.3 is 10.6 Å². The molecule has 0 aliphatic carbocycles. The number of nitrogens with zero attached hydrogens (tertiary/aromatic N) is 3. The second kappa shape index (κ2) is 10.9. The number of carbonyl (C=O) groups excluding carboxylic acids is 1. The highest BCUT2D eigenvalue weighted by Gasteiger charge is 2.19. The van der Waals surface area contributed by atoms with Gasteiger partial charge in [0.25, 0.3) is 0 Å². The molecule has 0 aliphatic rings. The van der Waals surface area contributed by atoms with Gasteiger partial charge in [-0.3, -0.25) is 9.69 Å². The van der Waals surface area contributed by atoms with E-state index < -0.39 is 0 Å². The molecule has 0 radical (unpaired) electrons. The number of hydrogen-bond acceptors (Lipinski definition) is 5. The predicted octanol–water partition coefficient (Wildman–Crippen LogP) is 5.39. The topological polar surface area (TPSA) is 70.1 Å². The Kier molecular flexibility index (Phi) is 7.50. The van der Waals surface area contributed by atoms with Crippen molar-refractivity contribution in [2.24, 2.45) is 0 Å². The van der Waals surface area contributed by atoms with E-state index in [-0.39, 0.29) is 11.9 Å². The van der Waals surface area contributed by atoms with Gasteiger partial charge in [0, 0.05) is 17.6 Å². The van der Waals surface area contributed by atoms with Crippen molar-refractivity contribution >= 4 is 28.3 Å². The Labute approximate surface area is 201 Å². The molecule has 0 aliphatic heterocycles. The molecule has 0 saturated heterocycles. The smallest absolute Gasteiger partial charge is 0.237 e. The van der Waals surface area contributed by atoms with Crippen molar-refractivity contribution in [2.75, 3.05) is 19.4 Å². The zero-order valence-corrected chi connectivity index (χ0v) is 20.0.